The lowest BCUT2D eigenvalue weighted by Gasteiger charge is -2.07. The van der Waals surface area contributed by atoms with Crippen LogP contribution in [0.3, 0.4) is 0 Å². The number of thioether (sulfide) groups is 1. The number of carbonyl (C=O) groups excluding carboxylic acids is 1. The normalized spacial score (nSPS) is 10.9. The van der Waals surface area contributed by atoms with Crippen molar-refractivity contribution in [2.45, 2.75) is 4.90 Å². The summed E-state index contributed by atoms with van der Waals surface area (Å²) in [6.07, 6.45) is 3.29. The molecule has 7 heteroatoms. The number of ether oxygens (including phenoxy) is 2. The molecule has 1 heterocycles. The second kappa shape index (κ2) is 9.05. The van der Waals surface area contributed by atoms with E-state index in [-0.39, 0.29) is 11.7 Å². The van der Waals surface area contributed by atoms with Crippen LogP contribution in [0.4, 0.5) is 0 Å². The van der Waals surface area contributed by atoms with E-state index in [2.05, 4.69) is 15.5 Å². The Balaban J connectivity index is 1.59. The lowest BCUT2D eigenvalue weighted by Crippen LogP contribution is -2.19. The van der Waals surface area contributed by atoms with Gasteiger partial charge in [-0.15, -0.1) is 11.8 Å². The van der Waals surface area contributed by atoms with Crippen LogP contribution in [0.1, 0.15) is 5.56 Å². The van der Waals surface area contributed by atoms with Gasteiger partial charge in [-0.05, 0) is 24.3 Å². The first-order valence-corrected chi connectivity index (χ1v) is 9.20. The van der Waals surface area contributed by atoms with Crippen LogP contribution < -0.4 is 14.9 Å². The molecule has 1 amide bonds. The predicted octanol–water partition coefficient (Wildman–Crippen LogP) is 3.49. The second-order valence-electron chi connectivity index (χ2n) is 5.52. The number of hydrogen-bond donors (Lipinski definition) is 1. The van der Waals surface area contributed by atoms with E-state index in [0.29, 0.717) is 11.5 Å². The largest absolute Gasteiger partial charge is 0.497 e. The highest BCUT2D eigenvalue weighted by Gasteiger charge is 2.07. The van der Waals surface area contributed by atoms with Gasteiger partial charge in [-0.25, -0.2) is 5.43 Å². The molecular formula is C20H19N3O3S. The van der Waals surface area contributed by atoms with Gasteiger partial charge >= 0.3 is 0 Å². The number of aromatic nitrogens is 1. The fraction of sp³-hybridized carbons (Fsp3) is 0.150. The topological polar surface area (TPSA) is 72.8 Å². The third kappa shape index (κ3) is 4.77. The average molecular weight is 381 g/mol. The molecule has 0 aliphatic carbocycles. The number of benzene rings is 2. The van der Waals surface area contributed by atoms with Crippen molar-refractivity contribution in [1.29, 1.82) is 0 Å². The van der Waals surface area contributed by atoms with Crippen LogP contribution in [0, 0.1) is 0 Å². The standard InChI is InChI=1S/C20H19N3O3S/c1-25-16-9-8-15(17(11-16)26-2)12-22-23-19(24)13-27-18-7-3-5-14-6-4-10-21-20(14)18/h3-12H,13H2,1-2H3,(H,23,24)/b22-12-. The van der Waals surface area contributed by atoms with Crippen molar-refractivity contribution < 1.29 is 14.3 Å². The van der Waals surface area contributed by atoms with E-state index < -0.39 is 0 Å². The summed E-state index contributed by atoms with van der Waals surface area (Å²) in [7, 11) is 3.16. The number of nitrogens with zero attached hydrogens (tertiary/aromatic N) is 2. The SMILES string of the molecule is COc1ccc(/C=N\NC(=O)CSc2cccc3cccnc23)c(OC)c1. The minimum absolute atomic E-state index is 0.198. The van der Waals surface area contributed by atoms with Crippen molar-refractivity contribution in [3.8, 4) is 11.5 Å². The maximum atomic E-state index is 12.1. The van der Waals surface area contributed by atoms with Crippen molar-refractivity contribution in [2.24, 2.45) is 5.10 Å². The van der Waals surface area contributed by atoms with Crippen LogP contribution in [-0.4, -0.2) is 37.1 Å². The van der Waals surface area contributed by atoms with E-state index in [4.69, 9.17) is 9.47 Å². The minimum Gasteiger partial charge on any atom is -0.497 e. The molecule has 0 radical (unpaired) electrons. The molecule has 0 atom stereocenters. The molecule has 0 saturated heterocycles. The zero-order valence-corrected chi connectivity index (χ0v) is 15.8. The first kappa shape index (κ1) is 18.7. The van der Waals surface area contributed by atoms with Crippen LogP contribution in [0.2, 0.25) is 0 Å². The molecular weight excluding hydrogens is 362 g/mol. The highest BCUT2D eigenvalue weighted by atomic mass is 32.2. The summed E-state index contributed by atoms with van der Waals surface area (Å²) in [5.74, 6) is 1.35. The monoisotopic (exact) mass is 381 g/mol. The van der Waals surface area contributed by atoms with Crippen molar-refractivity contribution in [2.75, 3.05) is 20.0 Å². The molecule has 0 unspecified atom stereocenters. The van der Waals surface area contributed by atoms with Gasteiger partial charge in [0.2, 0.25) is 5.91 Å². The molecule has 3 aromatic rings. The van der Waals surface area contributed by atoms with Gasteiger partial charge in [-0.1, -0.05) is 18.2 Å². The highest BCUT2D eigenvalue weighted by molar-refractivity contribution is 8.00. The van der Waals surface area contributed by atoms with Crippen molar-refractivity contribution >= 4 is 34.8 Å². The maximum Gasteiger partial charge on any atom is 0.250 e. The molecule has 1 aromatic heterocycles. The molecule has 3 rings (SSSR count). The molecule has 1 N–H and O–H groups in total. The van der Waals surface area contributed by atoms with E-state index in [1.165, 1.54) is 11.8 Å². The number of carbonyl (C=O) groups is 1. The van der Waals surface area contributed by atoms with Crippen LogP contribution in [0.25, 0.3) is 10.9 Å². The number of methoxy groups -OCH3 is 2. The Kier molecular flexibility index (Phi) is 6.27. The Morgan fingerprint density at radius 1 is 1.19 bits per heavy atom. The van der Waals surface area contributed by atoms with Crippen LogP contribution >= 0.6 is 11.8 Å². The van der Waals surface area contributed by atoms with Gasteiger partial charge in [0.05, 0.1) is 31.7 Å². The van der Waals surface area contributed by atoms with Gasteiger partial charge in [-0.3, -0.25) is 9.78 Å². The third-order valence-corrected chi connectivity index (χ3v) is 4.83. The molecule has 0 fully saturated rings. The Morgan fingerprint density at radius 2 is 2.04 bits per heavy atom. The number of rotatable bonds is 7. The van der Waals surface area contributed by atoms with Gasteiger partial charge in [0.15, 0.2) is 0 Å². The molecule has 0 saturated carbocycles. The maximum absolute atomic E-state index is 12.1. The molecule has 27 heavy (non-hydrogen) atoms. The fourth-order valence-corrected chi connectivity index (χ4v) is 3.30. The van der Waals surface area contributed by atoms with Crippen LogP contribution in [0.5, 0.6) is 11.5 Å². The highest BCUT2D eigenvalue weighted by Crippen LogP contribution is 2.26. The zero-order chi connectivity index (χ0) is 19.1. The summed E-state index contributed by atoms with van der Waals surface area (Å²) in [5, 5.41) is 5.05. The van der Waals surface area contributed by atoms with Crippen LogP contribution in [0.15, 0.2) is 64.7 Å². The fourth-order valence-electron chi connectivity index (χ4n) is 2.47. The first-order valence-electron chi connectivity index (χ1n) is 8.21. The first-order chi connectivity index (χ1) is 13.2. The predicted molar refractivity (Wildman–Crippen MR) is 108 cm³/mol. The number of hydrazone groups is 1. The van der Waals surface area contributed by atoms with E-state index in [0.717, 1.165) is 21.4 Å². The second-order valence-corrected chi connectivity index (χ2v) is 6.54. The van der Waals surface area contributed by atoms with Gasteiger partial charge in [-0.2, -0.15) is 5.10 Å². The quantitative estimate of drug-likeness (QED) is 0.385. The van der Waals surface area contributed by atoms with E-state index in [9.17, 15) is 4.79 Å². The van der Waals surface area contributed by atoms with E-state index >= 15 is 0 Å². The Hall–Kier alpha value is -3.06. The van der Waals surface area contributed by atoms with Crippen molar-refractivity contribution in [3.05, 3.63) is 60.3 Å². The molecule has 138 valence electrons. The van der Waals surface area contributed by atoms with Gasteiger partial charge in [0.1, 0.15) is 11.5 Å². The number of amides is 1. The molecule has 0 spiro atoms. The summed E-state index contributed by atoms with van der Waals surface area (Å²) in [5.41, 5.74) is 4.16. The molecule has 0 bridgehead atoms. The Labute approximate surface area is 161 Å². The third-order valence-electron chi connectivity index (χ3n) is 3.79. The number of fused-ring (bicyclic) bond motifs is 1. The van der Waals surface area contributed by atoms with Crippen molar-refractivity contribution in [1.82, 2.24) is 10.4 Å². The summed E-state index contributed by atoms with van der Waals surface area (Å²) in [6.45, 7) is 0. The Bertz CT molecular complexity index is 970. The summed E-state index contributed by atoms with van der Waals surface area (Å²) >= 11 is 1.43. The molecule has 0 aliphatic heterocycles. The van der Waals surface area contributed by atoms with Gasteiger partial charge < -0.3 is 9.47 Å². The number of nitrogens with one attached hydrogen (secondary N) is 1. The lowest BCUT2D eigenvalue weighted by atomic mass is 10.2. The van der Waals surface area contributed by atoms with Gasteiger partial charge in [0, 0.05) is 28.1 Å². The number of hydrogen-bond acceptors (Lipinski definition) is 6. The molecule has 6 nitrogen and oxygen atoms in total. The van der Waals surface area contributed by atoms with Crippen LogP contribution in [-0.2, 0) is 4.79 Å². The number of pyridine rings is 1. The summed E-state index contributed by atoms with van der Waals surface area (Å²) in [4.78, 5) is 17.4. The lowest BCUT2D eigenvalue weighted by molar-refractivity contribution is -0.118. The Morgan fingerprint density at radius 3 is 2.85 bits per heavy atom. The molecule has 2 aromatic carbocycles. The molecule has 0 aliphatic rings. The summed E-state index contributed by atoms with van der Waals surface area (Å²) in [6, 6.07) is 15.2. The van der Waals surface area contributed by atoms with E-state index in [1.54, 1.807) is 38.8 Å². The smallest absolute Gasteiger partial charge is 0.250 e. The number of para-hydroxylation sites is 1. The minimum atomic E-state index is -0.198. The van der Waals surface area contributed by atoms with Crippen molar-refractivity contribution in [3.63, 3.8) is 0 Å². The summed E-state index contributed by atoms with van der Waals surface area (Å²) < 4.78 is 10.5. The average Bonchev–Trinajstić information content (AvgIpc) is 2.72. The van der Waals surface area contributed by atoms with E-state index in [1.807, 2.05) is 36.4 Å². The van der Waals surface area contributed by atoms with Gasteiger partial charge in [0.25, 0.3) is 0 Å². The zero-order valence-electron chi connectivity index (χ0n) is 15.0.